The van der Waals surface area contributed by atoms with Crippen LogP contribution in [0.15, 0.2) is 22.7 Å². The van der Waals surface area contributed by atoms with Crippen molar-refractivity contribution >= 4 is 27.6 Å². The average Bonchev–Trinajstić information content (AvgIpc) is 2.83. The summed E-state index contributed by atoms with van der Waals surface area (Å²) in [7, 11) is 3.09. The lowest BCUT2D eigenvalue weighted by atomic mass is 9.80. The zero-order valence-corrected chi connectivity index (χ0v) is 16.7. The normalized spacial score (nSPS) is 23.2. The van der Waals surface area contributed by atoms with Gasteiger partial charge in [-0.05, 0) is 43.0 Å². The molecule has 3 rings (SSSR count). The number of methoxy groups -OCH3 is 1. The van der Waals surface area contributed by atoms with Crippen LogP contribution in [0.4, 0.5) is 0 Å². The number of halogens is 1. The number of benzene rings is 1. The van der Waals surface area contributed by atoms with E-state index in [1.54, 1.807) is 12.2 Å². The van der Waals surface area contributed by atoms with Gasteiger partial charge in [-0.25, -0.2) is 9.90 Å². The van der Waals surface area contributed by atoms with Crippen molar-refractivity contribution in [1.29, 1.82) is 0 Å². The molecule has 1 amide bonds. The predicted octanol–water partition coefficient (Wildman–Crippen LogP) is 2.18. The summed E-state index contributed by atoms with van der Waals surface area (Å²) in [5, 5.41) is 3.05. The van der Waals surface area contributed by atoms with E-state index in [4.69, 9.17) is 14.4 Å². The van der Waals surface area contributed by atoms with Gasteiger partial charge in [0.25, 0.3) is 5.91 Å². The van der Waals surface area contributed by atoms with Crippen LogP contribution in [0, 0.1) is 6.92 Å². The number of Topliss-reactive ketones (excluding diaryl/α,β-unsaturated/α-hetero) is 1. The van der Waals surface area contributed by atoms with Gasteiger partial charge in [-0.2, -0.15) is 5.06 Å². The van der Waals surface area contributed by atoms with Crippen molar-refractivity contribution in [3.8, 4) is 0 Å². The summed E-state index contributed by atoms with van der Waals surface area (Å²) in [6, 6.07) is 5.64. The van der Waals surface area contributed by atoms with Gasteiger partial charge in [0, 0.05) is 24.7 Å². The van der Waals surface area contributed by atoms with E-state index in [0.717, 1.165) is 10.0 Å². The molecule has 26 heavy (non-hydrogen) atoms. The number of aryl methyl sites for hydroxylation is 1. The largest absolute Gasteiger partial charge is 0.356 e. The number of hydrogen-bond acceptors (Lipinski definition) is 6. The summed E-state index contributed by atoms with van der Waals surface area (Å²) in [5.41, 5.74) is 0.633. The Morgan fingerprint density at radius 3 is 2.54 bits per heavy atom. The van der Waals surface area contributed by atoms with Gasteiger partial charge in [-0.15, -0.1) is 0 Å². The van der Waals surface area contributed by atoms with E-state index < -0.39 is 11.5 Å². The zero-order chi connectivity index (χ0) is 18.9. The van der Waals surface area contributed by atoms with Crippen LogP contribution in [-0.4, -0.2) is 61.5 Å². The molecule has 2 fully saturated rings. The van der Waals surface area contributed by atoms with Gasteiger partial charge in [0.2, 0.25) is 0 Å². The third-order valence-corrected chi connectivity index (χ3v) is 5.71. The lowest BCUT2D eigenvalue weighted by molar-refractivity contribution is -0.256. The molecule has 1 aromatic carbocycles. The molecule has 0 saturated carbocycles. The van der Waals surface area contributed by atoms with E-state index in [9.17, 15) is 9.59 Å². The highest BCUT2D eigenvalue weighted by Crippen LogP contribution is 2.44. The Bertz CT molecular complexity index is 703. The Kier molecular flexibility index (Phi) is 5.78. The molecule has 7 nitrogen and oxygen atoms in total. The second-order valence-corrected chi connectivity index (χ2v) is 7.53. The van der Waals surface area contributed by atoms with Crippen LogP contribution < -0.4 is 0 Å². The van der Waals surface area contributed by atoms with Crippen molar-refractivity contribution in [1.82, 2.24) is 10.1 Å². The molecule has 0 radical (unpaired) electrons. The molecule has 0 aromatic heterocycles. The van der Waals surface area contributed by atoms with E-state index in [2.05, 4.69) is 15.9 Å². The molecule has 1 aromatic rings. The summed E-state index contributed by atoms with van der Waals surface area (Å²) >= 11 is 3.43. The van der Waals surface area contributed by atoms with Crippen LogP contribution in [-0.2, 0) is 24.0 Å². The first kappa shape index (κ1) is 19.4. The topological polar surface area (TPSA) is 68.3 Å². The zero-order valence-electron chi connectivity index (χ0n) is 15.2. The molecule has 0 aliphatic carbocycles. The lowest BCUT2D eigenvalue weighted by Gasteiger charge is -2.41. The Morgan fingerprint density at radius 2 is 1.92 bits per heavy atom. The number of amides is 1. The van der Waals surface area contributed by atoms with Gasteiger partial charge in [0.15, 0.2) is 12.6 Å². The minimum Gasteiger partial charge on any atom is -0.356 e. The number of rotatable bonds is 5. The highest BCUT2D eigenvalue weighted by molar-refractivity contribution is 9.10. The summed E-state index contributed by atoms with van der Waals surface area (Å²) in [6.45, 7) is 2.92. The van der Waals surface area contributed by atoms with Gasteiger partial charge in [0.05, 0.1) is 7.11 Å². The third-order valence-electron chi connectivity index (χ3n) is 5.22. The molecular weight excluding hydrogens is 404 g/mol. The summed E-state index contributed by atoms with van der Waals surface area (Å²) < 4.78 is 5.81. The van der Waals surface area contributed by atoms with Crippen LogP contribution in [0.1, 0.15) is 29.9 Å². The first-order valence-electron chi connectivity index (χ1n) is 8.50. The number of carbonyl (C=O) groups is 2. The van der Waals surface area contributed by atoms with Crippen molar-refractivity contribution in [2.75, 3.05) is 34.1 Å². The van der Waals surface area contributed by atoms with Crippen LogP contribution in [0.25, 0.3) is 0 Å². The van der Waals surface area contributed by atoms with Gasteiger partial charge in [-0.3, -0.25) is 9.59 Å². The van der Waals surface area contributed by atoms with Gasteiger partial charge < -0.3 is 9.57 Å². The molecule has 2 aliphatic heterocycles. The Balaban J connectivity index is 1.99. The minimum atomic E-state index is -0.982. The lowest BCUT2D eigenvalue weighted by Crippen LogP contribution is -2.56. The van der Waals surface area contributed by atoms with Gasteiger partial charge >= 0.3 is 0 Å². The Morgan fingerprint density at radius 1 is 1.23 bits per heavy atom. The van der Waals surface area contributed by atoms with Crippen molar-refractivity contribution in [2.24, 2.45) is 0 Å². The molecule has 0 bridgehead atoms. The number of hydroxylamine groups is 4. The standard InChI is InChI=1S/C18H23BrN2O5/c1-12-4-5-13(19)10-14(12)15-16(22)18(6-8-20(25-3)9-7-18)21(17(15)23)26-11-24-2/h4-5,10,15H,6-9,11H2,1-3H3. The fraction of sp³-hybridized carbons (Fsp3) is 0.556. The Labute approximate surface area is 161 Å². The number of ether oxygens (including phenoxy) is 1. The number of carbonyl (C=O) groups excluding carboxylic acids is 2. The smallest absolute Gasteiger partial charge is 0.262 e. The predicted molar refractivity (Wildman–Crippen MR) is 97.0 cm³/mol. The molecule has 1 spiro atoms. The van der Waals surface area contributed by atoms with Gasteiger partial charge in [-0.1, -0.05) is 22.0 Å². The molecule has 0 N–H and O–H groups in total. The van der Waals surface area contributed by atoms with Crippen LogP contribution in [0.5, 0.6) is 0 Å². The van der Waals surface area contributed by atoms with Crippen molar-refractivity contribution < 1.29 is 24.0 Å². The molecule has 1 atom stereocenters. The van der Waals surface area contributed by atoms with E-state index in [0.29, 0.717) is 31.5 Å². The SMILES string of the molecule is COCON1C(=O)C(c2cc(Br)ccc2C)C(=O)C12CCN(OC)CC2. The minimum absolute atomic E-state index is 0.0844. The monoisotopic (exact) mass is 426 g/mol. The van der Waals surface area contributed by atoms with Crippen molar-refractivity contribution in [3.63, 3.8) is 0 Å². The summed E-state index contributed by atoms with van der Waals surface area (Å²) in [5.74, 6) is -1.31. The summed E-state index contributed by atoms with van der Waals surface area (Å²) in [4.78, 5) is 37.5. The van der Waals surface area contributed by atoms with Crippen LogP contribution in [0.3, 0.4) is 0 Å². The maximum atomic E-state index is 13.5. The molecular formula is C18H23BrN2O5. The second kappa shape index (κ2) is 7.74. The fourth-order valence-electron chi connectivity index (χ4n) is 3.79. The molecule has 2 aliphatic rings. The van der Waals surface area contributed by atoms with E-state index in [1.807, 2.05) is 25.1 Å². The highest BCUT2D eigenvalue weighted by atomic mass is 79.9. The molecule has 8 heteroatoms. The Hall–Kier alpha value is -1.32. The first-order chi connectivity index (χ1) is 12.4. The van der Waals surface area contributed by atoms with E-state index in [-0.39, 0.29) is 18.5 Å². The summed E-state index contributed by atoms with van der Waals surface area (Å²) in [6.07, 6.45) is 0.914. The number of ketones is 1. The number of hydrogen-bond donors (Lipinski definition) is 0. The average molecular weight is 427 g/mol. The van der Waals surface area contributed by atoms with Gasteiger partial charge in [0.1, 0.15) is 11.5 Å². The number of nitrogens with zero attached hydrogens (tertiary/aromatic N) is 2. The van der Waals surface area contributed by atoms with Crippen molar-refractivity contribution in [3.05, 3.63) is 33.8 Å². The molecule has 142 valence electrons. The molecule has 2 saturated heterocycles. The first-order valence-corrected chi connectivity index (χ1v) is 9.29. The maximum absolute atomic E-state index is 13.5. The second-order valence-electron chi connectivity index (χ2n) is 6.61. The third kappa shape index (κ3) is 3.20. The van der Waals surface area contributed by atoms with Crippen molar-refractivity contribution in [2.45, 2.75) is 31.2 Å². The van der Waals surface area contributed by atoms with E-state index >= 15 is 0 Å². The van der Waals surface area contributed by atoms with Crippen LogP contribution >= 0.6 is 15.9 Å². The highest BCUT2D eigenvalue weighted by Gasteiger charge is 2.61. The maximum Gasteiger partial charge on any atom is 0.262 e. The van der Waals surface area contributed by atoms with E-state index in [1.165, 1.54) is 12.2 Å². The fourth-order valence-corrected chi connectivity index (χ4v) is 4.17. The number of piperidine rings is 1. The van der Waals surface area contributed by atoms with Crippen LogP contribution in [0.2, 0.25) is 0 Å². The quantitative estimate of drug-likeness (QED) is 0.530. The molecule has 2 heterocycles. The molecule has 1 unspecified atom stereocenters.